The van der Waals surface area contributed by atoms with Gasteiger partial charge in [0.2, 0.25) is 0 Å². The minimum atomic E-state index is 0.749. The van der Waals surface area contributed by atoms with Gasteiger partial charge in [0, 0.05) is 11.9 Å². The Morgan fingerprint density at radius 1 is 0.839 bits per heavy atom. The Morgan fingerprint density at radius 2 is 1.55 bits per heavy atom. The average molecular weight is 425 g/mol. The van der Waals surface area contributed by atoms with Crippen LogP contribution in [0.2, 0.25) is 0 Å². The van der Waals surface area contributed by atoms with Crippen LogP contribution in [0.25, 0.3) is 11.4 Å². The Morgan fingerprint density at radius 3 is 2.29 bits per heavy atom. The van der Waals surface area contributed by atoms with Crippen LogP contribution in [0.1, 0.15) is 104 Å². The summed E-state index contributed by atoms with van der Waals surface area (Å²) in [6.45, 7) is 7.58. The van der Waals surface area contributed by atoms with Crippen LogP contribution >= 0.6 is 0 Å². The molecular weight excluding hydrogens is 380 g/mol. The normalized spacial score (nSPS) is 12.1. The van der Waals surface area contributed by atoms with Crippen molar-refractivity contribution in [2.45, 2.75) is 104 Å². The summed E-state index contributed by atoms with van der Waals surface area (Å²) in [7, 11) is 0. The number of aryl methyl sites for hydroxylation is 1. The van der Waals surface area contributed by atoms with E-state index in [-0.39, 0.29) is 0 Å². The minimum Gasteiger partial charge on any atom is -0.493 e. The van der Waals surface area contributed by atoms with Gasteiger partial charge in [-0.2, -0.15) is 0 Å². The van der Waals surface area contributed by atoms with Gasteiger partial charge in [0.25, 0.3) is 0 Å². The predicted molar refractivity (Wildman–Crippen MR) is 133 cm³/mol. The van der Waals surface area contributed by atoms with Crippen molar-refractivity contribution >= 4 is 0 Å². The van der Waals surface area contributed by atoms with Gasteiger partial charge < -0.3 is 4.74 Å². The molecule has 0 aliphatic rings. The molecule has 0 saturated carbocycles. The van der Waals surface area contributed by atoms with Gasteiger partial charge in [0.15, 0.2) is 5.82 Å². The molecule has 0 fully saturated rings. The fourth-order valence-electron chi connectivity index (χ4n) is 3.88. The van der Waals surface area contributed by atoms with Gasteiger partial charge >= 0.3 is 0 Å². The van der Waals surface area contributed by atoms with E-state index in [1.807, 2.05) is 24.4 Å². The maximum atomic E-state index is 6.11. The Labute approximate surface area is 191 Å². The summed E-state index contributed by atoms with van der Waals surface area (Å²) >= 11 is 0. The molecule has 0 amide bonds. The molecule has 172 valence electrons. The van der Waals surface area contributed by atoms with Gasteiger partial charge in [-0.05, 0) is 49.8 Å². The third kappa shape index (κ3) is 10.3. The molecule has 31 heavy (non-hydrogen) atoms. The zero-order valence-corrected chi connectivity index (χ0v) is 20.2. The van der Waals surface area contributed by atoms with E-state index < -0.39 is 0 Å². The summed E-state index contributed by atoms with van der Waals surface area (Å²) in [5.74, 6) is 2.44. The molecule has 1 unspecified atom stereocenters. The molecule has 0 spiro atoms. The van der Waals surface area contributed by atoms with Gasteiger partial charge in [0.05, 0.1) is 12.2 Å². The van der Waals surface area contributed by atoms with Crippen LogP contribution in [0.15, 0.2) is 36.5 Å². The number of hydrogen-bond donors (Lipinski definition) is 0. The SMILES string of the molecule is CCCCCCCCCCCc1ccnc(-c2ccccc2OCCCC(C)CC)n1. The molecule has 0 aliphatic carbocycles. The van der Waals surface area contributed by atoms with E-state index in [1.54, 1.807) is 0 Å². The highest BCUT2D eigenvalue weighted by Gasteiger charge is 2.10. The predicted octanol–water partition coefficient (Wildman–Crippen LogP) is 8.42. The van der Waals surface area contributed by atoms with Crippen LogP contribution in [-0.2, 0) is 6.42 Å². The highest BCUT2D eigenvalue weighted by molar-refractivity contribution is 5.63. The first kappa shape index (κ1) is 25.4. The largest absolute Gasteiger partial charge is 0.493 e. The first-order valence-electron chi connectivity index (χ1n) is 12.8. The molecule has 3 nitrogen and oxygen atoms in total. The lowest BCUT2D eigenvalue weighted by Crippen LogP contribution is -2.03. The molecule has 1 aromatic heterocycles. The molecular formula is C28H44N2O. The lowest BCUT2D eigenvalue weighted by atomic mass is 10.0. The number of unbranched alkanes of at least 4 members (excludes halogenated alkanes) is 8. The zero-order chi connectivity index (χ0) is 22.2. The summed E-state index contributed by atoms with van der Waals surface area (Å²) < 4.78 is 6.11. The molecule has 3 heteroatoms. The second-order valence-electron chi connectivity index (χ2n) is 8.95. The van der Waals surface area contributed by atoms with Crippen molar-refractivity contribution < 1.29 is 4.74 Å². The van der Waals surface area contributed by atoms with E-state index >= 15 is 0 Å². The van der Waals surface area contributed by atoms with Crippen LogP contribution < -0.4 is 4.74 Å². The molecule has 1 atom stereocenters. The molecule has 2 rings (SSSR count). The first-order valence-corrected chi connectivity index (χ1v) is 12.8. The van der Waals surface area contributed by atoms with Crippen LogP contribution in [0.4, 0.5) is 0 Å². The van der Waals surface area contributed by atoms with Crippen LogP contribution in [-0.4, -0.2) is 16.6 Å². The molecule has 0 aliphatic heterocycles. The summed E-state index contributed by atoms with van der Waals surface area (Å²) in [6.07, 6.45) is 18.6. The van der Waals surface area contributed by atoms with Crippen LogP contribution in [0.5, 0.6) is 5.75 Å². The molecule has 1 aromatic carbocycles. The van der Waals surface area contributed by atoms with Gasteiger partial charge in [-0.1, -0.05) is 90.7 Å². The Bertz CT molecular complexity index is 716. The topological polar surface area (TPSA) is 35.0 Å². The van der Waals surface area contributed by atoms with Crippen molar-refractivity contribution in [2.24, 2.45) is 5.92 Å². The summed E-state index contributed by atoms with van der Waals surface area (Å²) in [6, 6.07) is 10.2. The quantitative estimate of drug-likeness (QED) is 0.239. The van der Waals surface area contributed by atoms with E-state index in [4.69, 9.17) is 9.72 Å². The van der Waals surface area contributed by atoms with Crippen LogP contribution in [0, 0.1) is 5.92 Å². The fraction of sp³-hybridized carbons (Fsp3) is 0.643. The monoisotopic (exact) mass is 424 g/mol. The third-order valence-electron chi connectivity index (χ3n) is 6.17. The number of aromatic nitrogens is 2. The Balaban J connectivity index is 1.79. The lowest BCUT2D eigenvalue weighted by Gasteiger charge is -2.12. The highest BCUT2D eigenvalue weighted by Crippen LogP contribution is 2.27. The number of benzene rings is 1. The van der Waals surface area contributed by atoms with E-state index in [0.29, 0.717) is 0 Å². The van der Waals surface area contributed by atoms with E-state index in [9.17, 15) is 0 Å². The van der Waals surface area contributed by atoms with Gasteiger partial charge in [-0.3, -0.25) is 0 Å². The Hall–Kier alpha value is -1.90. The zero-order valence-electron chi connectivity index (χ0n) is 20.2. The minimum absolute atomic E-state index is 0.749. The number of nitrogens with zero attached hydrogens (tertiary/aromatic N) is 2. The fourth-order valence-corrected chi connectivity index (χ4v) is 3.88. The first-order chi connectivity index (χ1) is 15.2. The smallest absolute Gasteiger partial charge is 0.163 e. The molecule has 0 N–H and O–H groups in total. The van der Waals surface area contributed by atoms with Crippen molar-refractivity contribution in [3.8, 4) is 17.1 Å². The molecule has 2 aromatic rings. The highest BCUT2D eigenvalue weighted by atomic mass is 16.5. The molecule has 0 saturated heterocycles. The van der Waals surface area contributed by atoms with E-state index in [1.165, 1.54) is 70.6 Å². The molecule has 1 heterocycles. The third-order valence-corrected chi connectivity index (χ3v) is 6.17. The summed E-state index contributed by atoms with van der Waals surface area (Å²) in [5.41, 5.74) is 2.14. The maximum Gasteiger partial charge on any atom is 0.163 e. The number of para-hydroxylation sites is 1. The second-order valence-corrected chi connectivity index (χ2v) is 8.95. The summed E-state index contributed by atoms with van der Waals surface area (Å²) in [4.78, 5) is 9.39. The van der Waals surface area contributed by atoms with Gasteiger partial charge in [0.1, 0.15) is 5.75 Å². The standard InChI is InChI=1S/C28H44N2O/c1-4-6-7-8-9-10-11-12-13-18-25-21-22-29-28(30-25)26-19-14-15-20-27(26)31-23-16-17-24(3)5-2/h14-15,19-22,24H,4-13,16-18,23H2,1-3H3. The van der Waals surface area contributed by atoms with E-state index in [0.717, 1.165) is 48.2 Å². The van der Waals surface area contributed by atoms with Gasteiger partial charge in [-0.25, -0.2) is 9.97 Å². The maximum absolute atomic E-state index is 6.11. The van der Waals surface area contributed by atoms with Crippen molar-refractivity contribution in [2.75, 3.05) is 6.61 Å². The molecule has 0 bridgehead atoms. The van der Waals surface area contributed by atoms with Crippen molar-refractivity contribution in [3.05, 3.63) is 42.2 Å². The number of hydrogen-bond acceptors (Lipinski definition) is 3. The van der Waals surface area contributed by atoms with Crippen LogP contribution in [0.3, 0.4) is 0 Å². The number of ether oxygens (including phenoxy) is 1. The van der Waals surface area contributed by atoms with Gasteiger partial charge in [-0.15, -0.1) is 0 Å². The van der Waals surface area contributed by atoms with Crippen molar-refractivity contribution in [3.63, 3.8) is 0 Å². The average Bonchev–Trinajstić information content (AvgIpc) is 2.81. The number of rotatable bonds is 17. The molecule has 0 radical (unpaired) electrons. The van der Waals surface area contributed by atoms with E-state index in [2.05, 4.69) is 37.9 Å². The summed E-state index contributed by atoms with van der Waals surface area (Å²) in [5, 5.41) is 0. The van der Waals surface area contributed by atoms with Crippen molar-refractivity contribution in [1.82, 2.24) is 9.97 Å². The van der Waals surface area contributed by atoms with Crippen molar-refractivity contribution in [1.29, 1.82) is 0 Å². The second kappa shape index (κ2) is 15.8. The lowest BCUT2D eigenvalue weighted by molar-refractivity contribution is 0.295. The Kier molecular flexibility index (Phi) is 13.0.